The number of amides is 4. The highest BCUT2D eigenvalue weighted by atomic mass is 16.5. The first kappa shape index (κ1) is 20.5. The van der Waals surface area contributed by atoms with Gasteiger partial charge in [0, 0.05) is 12.5 Å². The number of nitrogens with zero attached hydrogens (tertiary/aromatic N) is 2. The predicted molar refractivity (Wildman–Crippen MR) is 108 cm³/mol. The van der Waals surface area contributed by atoms with Gasteiger partial charge in [-0.15, -0.1) is 0 Å². The lowest BCUT2D eigenvalue weighted by Crippen LogP contribution is -2.51. The van der Waals surface area contributed by atoms with E-state index in [1.807, 2.05) is 25.1 Å². The average Bonchev–Trinajstić information content (AvgIpc) is 3.16. The Morgan fingerprint density at radius 3 is 2.73 bits per heavy atom. The number of urea groups is 1. The number of benzene rings is 1. The largest absolute Gasteiger partial charge is 0.490 e. The SMILES string of the molecule is CC[C@]1(C)NC(=O)N(NC(=O)CN2CCC[C@H]2c2ccc3c(c2)OCCCO3)C1=O. The van der Waals surface area contributed by atoms with E-state index in [4.69, 9.17) is 9.47 Å². The third-order valence-electron chi connectivity index (χ3n) is 6.07. The number of ether oxygens (including phenoxy) is 2. The minimum absolute atomic E-state index is 0.0666. The van der Waals surface area contributed by atoms with Crippen LogP contribution in [0, 0.1) is 0 Å². The van der Waals surface area contributed by atoms with Gasteiger partial charge in [0.25, 0.3) is 11.8 Å². The molecule has 0 aromatic heterocycles. The van der Waals surface area contributed by atoms with Gasteiger partial charge in [0.15, 0.2) is 11.5 Å². The van der Waals surface area contributed by atoms with E-state index in [1.54, 1.807) is 6.92 Å². The summed E-state index contributed by atoms with van der Waals surface area (Å²) in [7, 11) is 0. The van der Waals surface area contributed by atoms with Crippen LogP contribution in [-0.4, -0.2) is 59.6 Å². The Labute approximate surface area is 175 Å². The van der Waals surface area contributed by atoms with Crippen LogP contribution in [0.2, 0.25) is 0 Å². The summed E-state index contributed by atoms with van der Waals surface area (Å²) in [5.74, 6) is 0.653. The average molecular weight is 416 g/mol. The fourth-order valence-corrected chi connectivity index (χ4v) is 4.15. The van der Waals surface area contributed by atoms with E-state index in [0.29, 0.717) is 19.6 Å². The Morgan fingerprint density at radius 1 is 1.23 bits per heavy atom. The number of hydrogen-bond donors (Lipinski definition) is 2. The maximum atomic E-state index is 12.6. The Balaban J connectivity index is 1.42. The van der Waals surface area contributed by atoms with Gasteiger partial charge in [-0.05, 0) is 50.4 Å². The molecule has 3 heterocycles. The maximum absolute atomic E-state index is 12.6. The summed E-state index contributed by atoms with van der Waals surface area (Å²) in [6.45, 7) is 5.59. The van der Waals surface area contributed by atoms with Gasteiger partial charge in [-0.2, -0.15) is 5.01 Å². The number of hydrazine groups is 1. The fraction of sp³-hybridized carbons (Fsp3) is 0.571. The number of fused-ring (bicyclic) bond motifs is 1. The van der Waals surface area contributed by atoms with Gasteiger partial charge in [0.1, 0.15) is 5.54 Å². The minimum Gasteiger partial charge on any atom is -0.490 e. The van der Waals surface area contributed by atoms with Crippen LogP contribution in [0.25, 0.3) is 0 Å². The van der Waals surface area contributed by atoms with Crippen LogP contribution in [0.3, 0.4) is 0 Å². The van der Waals surface area contributed by atoms with Crippen molar-refractivity contribution < 1.29 is 23.9 Å². The van der Waals surface area contributed by atoms with Crippen LogP contribution >= 0.6 is 0 Å². The predicted octanol–water partition coefficient (Wildman–Crippen LogP) is 1.74. The molecule has 2 saturated heterocycles. The molecule has 0 radical (unpaired) electrons. The zero-order chi connectivity index (χ0) is 21.3. The molecule has 9 heteroatoms. The number of nitrogens with one attached hydrogen (secondary N) is 2. The van der Waals surface area contributed by atoms with Crippen molar-refractivity contribution >= 4 is 17.8 Å². The van der Waals surface area contributed by atoms with Crippen molar-refractivity contribution in [2.24, 2.45) is 0 Å². The molecule has 0 bridgehead atoms. The first-order valence-corrected chi connectivity index (χ1v) is 10.5. The van der Waals surface area contributed by atoms with E-state index < -0.39 is 17.5 Å². The number of carbonyl (C=O) groups excluding carboxylic acids is 3. The summed E-state index contributed by atoms with van der Waals surface area (Å²) in [5, 5.41) is 3.43. The Bertz CT molecular complexity index is 860. The molecule has 30 heavy (non-hydrogen) atoms. The second-order valence-corrected chi connectivity index (χ2v) is 8.18. The molecule has 0 saturated carbocycles. The molecule has 2 fully saturated rings. The highest BCUT2D eigenvalue weighted by molar-refractivity contribution is 6.07. The van der Waals surface area contributed by atoms with Gasteiger partial charge in [-0.3, -0.25) is 19.9 Å². The molecule has 4 rings (SSSR count). The monoisotopic (exact) mass is 416 g/mol. The number of rotatable bonds is 5. The van der Waals surface area contributed by atoms with E-state index in [9.17, 15) is 14.4 Å². The molecule has 1 aromatic carbocycles. The third-order valence-corrected chi connectivity index (χ3v) is 6.07. The standard InChI is InChI=1S/C21H28N4O5/c1-3-21(2)19(27)25(20(28)22-21)23-18(26)13-24-9-4-6-15(24)14-7-8-16-17(12-14)30-11-5-10-29-16/h7-8,12,15H,3-6,9-11,13H2,1-2H3,(H,22,28)(H,23,26)/t15-,21-/m0/s1. The smallest absolute Gasteiger partial charge is 0.344 e. The van der Waals surface area contributed by atoms with Gasteiger partial charge in [0.2, 0.25) is 0 Å². The summed E-state index contributed by atoms with van der Waals surface area (Å²) in [5.41, 5.74) is 2.56. The Kier molecular flexibility index (Phi) is 5.55. The molecule has 3 aliphatic heterocycles. The molecular formula is C21H28N4O5. The highest BCUT2D eigenvalue weighted by Gasteiger charge is 2.47. The molecule has 2 N–H and O–H groups in total. The molecular weight excluding hydrogens is 388 g/mol. The van der Waals surface area contributed by atoms with Gasteiger partial charge < -0.3 is 14.8 Å². The van der Waals surface area contributed by atoms with Crippen molar-refractivity contribution in [2.45, 2.75) is 51.1 Å². The first-order chi connectivity index (χ1) is 14.4. The van der Waals surface area contributed by atoms with E-state index in [-0.39, 0.29) is 18.5 Å². The van der Waals surface area contributed by atoms with Gasteiger partial charge in [-0.25, -0.2) is 4.79 Å². The van der Waals surface area contributed by atoms with Crippen LogP contribution < -0.4 is 20.2 Å². The van der Waals surface area contributed by atoms with E-state index in [2.05, 4.69) is 15.6 Å². The summed E-state index contributed by atoms with van der Waals surface area (Å²) in [6, 6.07) is 5.39. The second kappa shape index (κ2) is 8.14. The van der Waals surface area contributed by atoms with Gasteiger partial charge in [0.05, 0.1) is 19.8 Å². The summed E-state index contributed by atoms with van der Waals surface area (Å²) >= 11 is 0. The lowest BCUT2D eigenvalue weighted by atomic mass is 10.00. The number of carbonyl (C=O) groups is 3. The van der Waals surface area contributed by atoms with Crippen LogP contribution in [0.5, 0.6) is 11.5 Å². The van der Waals surface area contributed by atoms with Crippen molar-refractivity contribution in [2.75, 3.05) is 26.3 Å². The number of imide groups is 1. The molecule has 162 valence electrons. The summed E-state index contributed by atoms with van der Waals surface area (Å²) in [4.78, 5) is 39.3. The molecule has 0 unspecified atom stereocenters. The highest BCUT2D eigenvalue weighted by Crippen LogP contribution is 2.37. The van der Waals surface area contributed by atoms with Crippen LogP contribution in [0.1, 0.15) is 51.1 Å². The molecule has 3 aliphatic rings. The zero-order valence-corrected chi connectivity index (χ0v) is 17.4. The third kappa shape index (κ3) is 3.81. The quantitative estimate of drug-likeness (QED) is 0.710. The van der Waals surface area contributed by atoms with E-state index in [0.717, 1.165) is 47.9 Å². The first-order valence-electron chi connectivity index (χ1n) is 10.5. The number of hydrogen-bond acceptors (Lipinski definition) is 6. The van der Waals surface area contributed by atoms with Crippen molar-refractivity contribution in [3.8, 4) is 11.5 Å². The van der Waals surface area contributed by atoms with Gasteiger partial charge in [-0.1, -0.05) is 13.0 Å². The maximum Gasteiger partial charge on any atom is 0.344 e. The van der Waals surface area contributed by atoms with Crippen molar-refractivity contribution in [3.63, 3.8) is 0 Å². The number of likely N-dealkylation sites (tertiary alicyclic amines) is 1. The topological polar surface area (TPSA) is 100 Å². The molecule has 1 aromatic rings. The van der Waals surface area contributed by atoms with E-state index in [1.165, 1.54) is 0 Å². The lowest BCUT2D eigenvalue weighted by Gasteiger charge is -2.26. The molecule has 0 spiro atoms. The second-order valence-electron chi connectivity index (χ2n) is 8.18. The lowest BCUT2D eigenvalue weighted by molar-refractivity contribution is -0.139. The van der Waals surface area contributed by atoms with Crippen LogP contribution in [0.15, 0.2) is 18.2 Å². The molecule has 2 atom stereocenters. The van der Waals surface area contributed by atoms with Gasteiger partial charge >= 0.3 is 6.03 Å². The zero-order valence-electron chi connectivity index (χ0n) is 17.4. The minimum atomic E-state index is -0.982. The summed E-state index contributed by atoms with van der Waals surface area (Å²) < 4.78 is 11.5. The van der Waals surface area contributed by atoms with Crippen molar-refractivity contribution in [1.82, 2.24) is 20.7 Å². The Hall–Kier alpha value is -2.81. The van der Waals surface area contributed by atoms with Crippen LogP contribution in [-0.2, 0) is 9.59 Å². The normalized spacial score (nSPS) is 26.5. The Morgan fingerprint density at radius 2 is 2.00 bits per heavy atom. The fourth-order valence-electron chi connectivity index (χ4n) is 4.15. The van der Waals surface area contributed by atoms with Crippen molar-refractivity contribution in [1.29, 1.82) is 0 Å². The van der Waals surface area contributed by atoms with Crippen LogP contribution in [0.4, 0.5) is 4.79 Å². The molecule has 4 amide bonds. The van der Waals surface area contributed by atoms with Crippen molar-refractivity contribution in [3.05, 3.63) is 23.8 Å². The molecule has 9 nitrogen and oxygen atoms in total. The summed E-state index contributed by atoms with van der Waals surface area (Å²) in [6.07, 6.45) is 3.18. The molecule has 0 aliphatic carbocycles. The van der Waals surface area contributed by atoms with E-state index >= 15 is 0 Å².